The summed E-state index contributed by atoms with van der Waals surface area (Å²) in [7, 11) is 0. The van der Waals surface area contributed by atoms with Gasteiger partial charge in [0.15, 0.2) is 6.61 Å². The summed E-state index contributed by atoms with van der Waals surface area (Å²) in [4.78, 5) is 27.1. The van der Waals surface area contributed by atoms with Crippen LogP contribution in [0, 0.1) is 0 Å². The molecule has 5 heteroatoms. The van der Waals surface area contributed by atoms with Gasteiger partial charge in [-0.2, -0.15) is 0 Å². The van der Waals surface area contributed by atoms with Crippen molar-refractivity contribution in [3.63, 3.8) is 0 Å². The third kappa shape index (κ3) is 3.43. The van der Waals surface area contributed by atoms with Crippen LogP contribution in [0.5, 0.6) is 5.75 Å². The van der Waals surface area contributed by atoms with Crippen molar-refractivity contribution in [2.75, 3.05) is 18.1 Å². The van der Waals surface area contributed by atoms with Crippen molar-refractivity contribution in [3.8, 4) is 5.75 Å². The molecule has 0 saturated carbocycles. The predicted octanol–water partition coefficient (Wildman–Crippen LogP) is 3.31. The van der Waals surface area contributed by atoms with Crippen LogP contribution in [-0.4, -0.2) is 31.0 Å². The highest BCUT2D eigenvalue weighted by Gasteiger charge is 2.38. The van der Waals surface area contributed by atoms with E-state index in [1.807, 2.05) is 73.7 Å². The number of ether oxygens (including phenoxy) is 1. The zero-order valence-electron chi connectivity index (χ0n) is 15.7. The van der Waals surface area contributed by atoms with Crippen molar-refractivity contribution in [3.05, 3.63) is 72.3 Å². The topological polar surface area (TPSA) is 58.6 Å². The van der Waals surface area contributed by atoms with Gasteiger partial charge in [0.1, 0.15) is 11.8 Å². The molecule has 1 aliphatic heterocycles. The van der Waals surface area contributed by atoms with E-state index in [2.05, 4.69) is 5.32 Å². The summed E-state index contributed by atoms with van der Waals surface area (Å²) < 4.78 is 5.77. The Morgan fingerprint density at radius 1 is 1.04 bits per heavy atom. The SMILES string of the molecule is CCNC(=O)C1Cc2ccccc2N1C(=O)COc1ccc2ccccc2c1. The van der Waals surface area contributed by atoms with Gasteiger partial charge in [0.25, 0.3) is 5.91 Å². The number of nitrogens with one attached hydrogen (secondary N) is 1. The van der Waals surface area contributed by atoms with Crippen molar-refractivity contribution < 1.29 is 14.3 Å². The van der Waals surface area contributed by atoms with E-state index in [-0.39, 0.29) is 18.4 Å². The van der Waals surface area contributed by atoms with E-state index in [0.717, 1.165) is 22.0 Å². The second-order valence-electron chi connectivity index (χ2n) is 6.80. The van der Waals surface area contributed by atoms with Gasteiger partial charge in [-0.1, -0.05) is 48.5 Å². The number of carbonyl (C=O) groups is 2. The molecule has 142 valence electrons. The van der Waals surface area contributed by atoms with Crippen LogP contribution in [0.15, 0.2) is 66.7 Å². The van der Waals surface area contributed by atoms with Crippen molar-refractivity contribution in [2.24, 2.45) is 0 Å². The van der Waals surface area contributed by atoms with Crippen LogP contribution >= 0.6 is 0 Å². The molecule has 3 aromatic carbocycles. The molecule has 0 radical (unpaired) electrons. The molecule has 1 unspecified atom stereocenters. The minimum atomic E-state index is -0.537. The first-order chi connectivity index (χ1) is 13.7. The Bertz CT molecular complexity index is 1030. The molecule has 0 aliphatic carbocycles. The minimum absolute atomic E-state index is 0.122. The second kappa shape index (κ2) is 7.72. The maximum absolute atomic E-state index is 13.0. The molecule has 2 amide bonds. The second-order valence-corrected chi connectivity index (χ2v) is 6.80. The molecule has 1 heterocycles. The molecule has 0 aromatic heterocycles. The standard InChI is InChI=1S/C23H22N2O3/c1-2-24-23(27)21-14-18-9-5-6-10-20(18)25(21)22(26)15-28-19-12-11-16-7-3-4-8-17(16)13-19/h3-13,21H,2,14-15H2,1H3,(H,24,27). The van der Waals surface area contributed by atoms with Gasteiger partial charge in [-0.05, 0) is 41.5 Å². The number of carbonyl (C=O) groups excluding carboxylic acids is 2. The zero-order valence-corrected chi connectivity index (χ0v) is 15.7. The first-order valence-corrected chi connectivity index (χ1v) is 9.46. The number of amides is 2. The van der Waals surface area contributed by atoms with Gasteiger partial charge < -0.3 is 10.1 Å². The number of nitrogens with zero attached hydrogens (tertiary/aromatic N) is 1. The Balaban J connectivity index is 1.53. The van der Waals surface area contributed by atoms with E-state index in [1.165, 1.54) is 0 Å². The Hall–Kier alpha value is -3.34. The Morgan fingerprint density at radius 2 is 1.79 bits per heavy atom. The van der Waals surface area contributed by atoms with E-state index in [4.69, 9.17) is 4.74 Å². The molecule has 3 aromatic rings. The molecule has 0 spiro atoms. The molecule has 1 aliphatic rings. The summed E-state index contributed by atoms with van der Waals surface area (Å²) >= 11 is 0. The van der Waals surface area contributed by atoms with Crippen LogP contribution in [0.4, 0.5) is 5.69 Å². The summed E-state index contributed by atoms with van der Waals surface area (Å²) in [6.45, 7) is 2.28. The van der Waals surface area contributed by atoms with Gasteiger partial charge in [-0.15, -0.1) is 0 Å². The van der Waals surface area contributed by atoms with Crippen molar-refractivity contribution in [1.82, 2.24) is 5.32 Å². The third-order valence-electron chi connectivity index (χ3n) is 4.98. The summed E-state index contributed by atoms with van der Waals surface area (Å²) in [6.07, 6.45) is 0.518. The molecule has 28 heavy (non-hydrogen) atoms. The van der Waals surface area contributed by atoms with Gasteiger partial charge in [0.2, 0.25) is 5.91 Å². The maximum atomic E-state index is 13.0. The number of hydrogen-bond donors (Lipinski definition) is 1. The molecule has 1 atom stereocenters. The Labute approximate surface area is 163 Å². The molecular formula is C23H22N2O3. The Morgan fingerprint density at radius 3 is 2.61 bits per heavy atom. The smallest absolute Gasteiger partial charge is 0.265 e. The van der Waals surface area contributed by atoms with Crippen molar-refractivity contribution >= 4 is 28.3 Å². The van der Waals surface area contributed by atoms with E-state index < -0.39 is 6.04 Å². The van der Waals surface area contributed by atoms with Gasteiger partial charge in [0, 0.05) is 18.7 Å². The molecule has 0 fully saturated rings. The average molecular weight is 374 g/mol. The predicted molar refractivity (Wildman–Crippen MR) is 110 cm³/mol. The summed E-state index contributed by atoms with van der Waals surface area (Å²) in [5.41, 5.74) is 1.78. The van der Waals surface area contributed by atoms with E-state index in [1.54, 1.807) is 4.90 Å². The first-order valence-electron chi connectivity index (χ1n) is 9.46. The van der Waals surface area contributed by atoms with Crippen LogP contribution in [0.2, 0.25) is 0 Å². The van der Waals surface area contributed by atoms with Gasteiger partial charge >= 0.3 is 0 Å². The zero-order chi connectivity index (χ0) is 19.5. The number of anilines is 1. The van der Waals surface area contributed by atoms with Crippen LogP contribution < -0.4 is 15.0 Å². The van der Waals surface area contributed by atoms with Crippen molar-refractivity contribution in [1.29, 1.82) is 0 Å². The van der Waals surface area contributed by atoms with Crippen LogP contribution in [0.25, 0.3) is 10.8 Å². The lowest BCUT2D eigenvalue weighted by Gasteiger charge is -2.24. The summed E-state index contributed by atoms with van der Waals surface area (Å²) in [5.74, 6) is 0.265. The molecule has 1 N–H and O–H groups in total. The lowest BCUT2D eigenvalue weighted by molar-refractivity contribution is -0.126. The molecule has 0 saturated heterocycles. The first kappa shape index (κ1) is 18.0. The van der Waals surface area contributed by atoms with Gasteiger partial charge in [0.05, 0.1) is 0 Å². The summed E-state index contributed by atoms with van der Waals surface area (Å²) in [5, 5.41) is 5.00. The monoisotopic (exact) mass is 374 g/mol. The molecule has 5 nitrogen and oxygen atoms in total. The lowest BCUT2D eigenvalue weighted by atomic mass is 10.1. The largest absolute Gasteiger partial charge is 0.484 e. The molecule has 0 bridgehead atoms. The molecule has 4 rings (SSSR count). The van der Waals surface area contributed by atoms with E-state index >= 15 is 0 Å². The van der Waals surface area contributed by atoms with Crippen LogP contribution in [0.3, 0.4) is 0 Å². The quantitative estimate of drug-likeness (QED) is 0.745. The third-order valence-corrected chi connectivity index (χ3v) is 4.98. The van der Waals surface area contributed by atoms with Crippen LogP contribution in [-0.2, 0) is 16.0 Å². The minimum Gasteiger partial charge on any atom is -0.484 e. The summed E-state index contributed by atoms with van der Waals surface area (Å²) in [6, 6.07) is 20.8. The van der Waals surface area contributed by atoms with Gasteiger partial charge in [-0.3, -0.25) is 14.5 Å². The number of rotatable bonds is 5. The van der Waals surface area contributed by atoms with Gasteiger partial charge in [-0.25, -0.2) is 0 Å². The average Bonchev–Trinajstić information content (AvgIpc) is 3.12. The van der Waals surface area contributed by atoms with E-state index in [9.17, 15) is 9.59 Å². The number of fused-ring (bicyclic) bond motifs is 2. The normalized spacial score (nSPS) is 15.3. The number of para-hydroxylation sites is 1. The van der Waals surface area contributed by atoms with Crippen molar-refractivity contribution in [2.45, 2.75) is 19.4 Å². The molecular weight excluding hydrogens is 352 g/mol. The highest BCUT2D eigenvalue weighted by atomic mass is 16.5. The number of benzene rings is 3. The lowest BCUT2D eigenvalue weighted by Crippen LogP contribution is -2.49. The number of likely N-dealkylation sites (N-methyl/N-ethyl adjacent to an activating group) is 1. The highest BCUT2D eigenvalue weighted by molar-refractivity contribution is 6.04. The fourth-order valence-electron chi connectivity index (χ4n) is 3.67. The highest BCUT2D eigenvalue weighted by Crippen LogP contribution is 2.32. The number of hydrogen-bond acceptors (Lipinski definition) is 3. The Kier molecular flexibility index (Phi) is 4.98. The van der Waals surface area contributed by atoms with E-state index in [0.29, 0.717) is 18.7 Å². The maximum Gasteiger partial charge on any atom is 0.265 e. The van der Waals surface area contributed by atoms with Crippen LogP contribution in [0.1, 0.15) is 12.5 Å². The fourth-order valence-corrected chi connectivity index (χ4v) is 3.67. The fraction of sp³-hybridized carbons (Fsp3) is 0.217.